The lowest BCUT2D eigenvalue weighted by molar-refractivity contribution is -0.146. The maximum absolute atomic E-state index is 12.7. The lowest BCUT2D eigenvalue weighted by Crippen LogP contribution is -2.50. The Kier molecular flexibility index (Phi) is 2.83. The third kappa shape index (κ3) is 1.90. The first-order valence-electron chi connectivity index (χ1n) is 7.30. The minimum absolute atomic E-state index is 0.0506. The molecule has 0 saturated carbocycles. The van der Waals surface area contributed by atoms with Gasteiger partial charge in [-0.05, 0) is 12.1 Å². The minimum atomic E-state index is -1.12. The molecule has 1 fully saturated rings. The van der Waals surface area contributed by atoms with Crippen LogP contribution in [0.15, 0.2) is 36.4 Å². The van der Waals surface area contributed by atoms with Gasteiger partial charge < -0.3 is 20.5 Å². The summed E-state index contributed by atoms with van der Waals surface area (Å²) in [4.78, 5) is 36.7. The summed E-state index contributed by atoms with van der Waals surface area (Å²) in [6.07, 6.45) is 2.69. The lowest BCUT2D eigenvalue weighted by atomic mass is 9.74. The number of nitrogens with one attached hydrogen (secondary N) is 2. The van der Waals surface area contributed by atoms with Crippen LogP contribution in [0.2, 0.25) is 0 Å². The molecule has 7 nitrogen and oxygen atoms in total. The van der Waals surface area contributed by atoms with Crippen LogP contribution in [0.4, 0.5) is 5.69 Å². The third-order valence-corrected chi connectivity index (χ3v) is 4.69. The fraction of sp³-hybridized carbons (Fsp3) is 0.312. The standard InChI is InChI=1S/C16H14N2O5/c19-13-8-3-1-2-4-9(8)18-14(20)12-11(15(21)22)10-5-6-16(12,23-10)7-17-13/h1-6,10-12H,7H2,(H,17,19)(H,18,20)(H,21,22)/t10-,11-,12-,16-/m1/s1. The predicted molar refractivity (Wildman–Crippen MR) is 78.8 cm³/mol. The Labute approximate surface area is 131 Å². The van der Waals surface area contributed by atoms with Gasteiger partial charge in [-0.2, -0.15) is 0 Å². The van der Waals surface area contributed by atoms with E-state index in [4.69, 9.17) is 4.74 Å². The highest BCUT2D eigenvalue weighted by Gasteiger charge is 2.62. The van der Waals surface area contributed by atoms with Crippen molar-refractivity contribution in [2.75, 3.05) is 11.9 Å². The Bertz CT molecular complexity index is 759. The molecule has 1 saturated heterocycles. The van der Waals surface area contributed by atoms with E-state index >= 15 is 0 Å². The maximum Gasteiger partial charge on any atom is 0.310 e. The molecule has 4 rings (SSSR count). The Morgan fingerprint density at radius 1 is 1.30 bits per heavy atom. The first-order chi connectivity index (χ1) is 11.0. The first-order valence-corrected chi connectivity index (χ1v) is 7.30. The monoisotopic (exact) mass is 314 g/mol. The Morgan fingerprint density at radius 3 is 2.87 bits per heavy atom. The van der Waals surface area contributed by atoms with Gasteiger partial charge in [-0.15, -0.1) is 0 Å². The van der Waals surface area contributed by atoms with Crippen LogP contribution < -0.4 is 10.6 Å². The number of rotatable bonds is 1. The number of fused-ring (bicyclic) bond motifs is 2. The average Bonchev–Trinajstić information content (AvgIpc) is 3.09. The molecule has 3 aliphatic rings. The molecule has 1 aromatic rings. The van der Waals surface area contributed by atoms with E-state index in [1.54, 1.807) is 36.4 Å². The molecule has 1 aromatic carbocycles. The van der Waals surface area contributed by atoms with Gasteiger partial charge in [0, 0.05) is 0 Å². The molecule has 7 heteroatoms. The van der Waals surface area contributed by atoms with Gasteiger partial charge in [0.05, 0.1) is 29.8 Å². The molecule has 0 radical (unpaired) electrons. The van der Waals surface area contributed by atoms with E-state index in [2.05, 4.69) is 10.6 Å². The quantitative estimate of drug-likeness (QED) is 0.651. The van der Waals surface area contributed by atoms with E-state index in [-0.39, 0.29) is 12.5 Å². The van der Waals surface area contributed by atoms with Crippen molar-refractivity contribution in [2.24, 2.45) is 11.8 Å². The largest absolute Gasteiger partial charge is 0.481 e. The average molecular weight is 314 g/mol. The molecular formula is C16H14N2O5. The first kappa shape index (κ1) is 14.0. The van der Waals surface area contributed by atoms with Crippen LogP contribution in [0.5, 0.6) is 0 Å². The van der Waals surface area contributed by atoms with Crippen molar-refractivity contribution in [3.63, 3.8) is 0 Å². The van der Waals surface area contributed by atoms with E-state index < -0.39 is 35.4 Å². The van der Waals surface area contributed by atoms with E-state index in [0.29, 0.717) is 11.3 Å². The summed E-state index contributed by atoms with van der Waals surface area (Å²) in [7, 11) is 0. The van der Waals surface area contributed by atoms with Crippen molar-refractivity contribution >= 4 is 23.5 Å². The number of carbonyl (C=O) groups is 3. The molecule has 2 amide bonds. The molecule has 23 heavy (non-hydrogen) atoms. The number of amides is 2. The fourth-order valence-corrected chi connectivity index (χ4v) is 3.65. The van der Waals surface area contributed by atoms with Crippen molar-refractivity contribution in [1.82, 2.24) is 5.32 Å². The summed E-state index contributed by atoms with van der Waals surface area (Å²) in [6.45, 7) is 0.0506. The van der Waals surface area contributed by atoms with Crippen LogP contribution >= 0.6 is 0 Å². The van der Waals surface area contributed by atoms with E-state index in [9.17, 15) is 19.5 Å². The summed E-state index contributed by atoms with van der Waals surface area (Å²) in [5.74, 6) is -3.74. The molecule has 4 atom stereocenters. The molecule has 0 aliphatic carbocycles. The van der Waals surface area contributed by atoms with Gasteiger partial charge in [-0.1, -0.05) is 24.3 Å². The Balaban J connectivity index is 1.81. The van der Waals surface area contributed by atoms with Crippen LogP contribution in [0, 0.1) is 11.8 Å². The van der Waals surface area contributed by atoms with Gasteiger partial charge in [0.1, 0.15) is 11.5 Å². The zero-order valence-electron chi connectivity index (χ0n) is 12.0. The second-order valence-electron chi connectivity index (χ2n) is 5.96. The van der Waals surface area contributed by atoms with Crippen LogP contribution in [-0.4, -0.2) is 41.1 Å². The number of para-hydroxylation sites is 1. The molecule has 3 aliphatic heterocycles. The number of aliphatic carboxylic acids is 1. The number of ether oxygens (including phenoxy) is 1. The Morgan fingerprint density at radius 2 is 2.09 bits per heavy atom. The van der Waals surface area contributed by atoms with Gasteiger partial charge >= 0.3 is 5.97 Å². The highest BCUT2D eigenvalue weighted by atomic mass is 16.5. The molecule has 0 aromatic heterocycles. The highest BCUT2D eigenvalue weighted by Crippen LogP contribution is 2.47. The molecule has 0 unspecified atom stereocenters. The van der Waals surface area contributed by atoms with E-state index in [0.717, 1.165) is 0 Å². The number of hydrogen-bond acceptors (Lipinski definition) is 4. The normalized spacial score (nSPS) is 34.5. The van der Waals surface area contributed by atoms with Crippen molar-refractivity contribution in [3.05, 3.63) is 42.0 Å². The third-order valence-electron chi connectivity index (χ3n) is 4.69. The van der Waals surface area contributed by atoms with E-state index in [1.807, 2.05) is 0 Å². The number of hydrogen-bond donors (Lipinski definition) is 3. The van der Waals surface area contributed by atoms with Gasteiger partial charge in [0.25, 0.3) is 5.91 Å². The number of carboxylic acids is 1. The van der Waals surface area contributed by atoms with Crippen LogP contribution in [-0.2, 0) is 14.3 Å². The predicted octanol–water partition coefficient (Wildman–Crippen LogP) is 0.393. The zero-order valence-corrected chi connectivity index (χ0v) is 12.0. The summed E-state index contributed by atoms with van der Waals surface area (Å²) >= 11 is 0. The summed E-state index contributed by atoms with van der Waals surface area (Å²) in [5.41, 5.74) is -0.416. The number of benzene rings is 1. The second-order valence-corrected chi connectivity index (χ2v) is 5.96. The zero-order chi connectivity index (χ0) is 16.2. The Hall–Kier alpha value is -2.67. The van der Waals surface area contributed by atoms with Gasteiger partial charge in [-0.3, -0.25) is 14.4 Å². The molecule has 3 heterocycles. The summed E-state index contributed by atoms with van der Waals surface area (Å²) in [6, 6.07) is 6.62. The molecule has 118 valence electrons. The summed E-state index contributed by atoms with van der Waals surface area (Å²) in [5, 5.41) is 14.9. The smallest absolute Gasteiger partial charge is 0.310 e. The van der Waals surface area contributed by atoms with Crippen molar-refractivity contribution in [1.29, 1.82) is 0 Å². The van der Waals surface area contributed by atoms with Crippen LogP contribution in [0.3, 0.4) is 0 Å². The molecule has 2 bridgehead atoms. The van der Waals surface area contributed by atoms with Crippen molar-refractivity contribution in [3.8, 4) is 0 Å². The topological polar surface area (TPSA) is 105 Å². The fourth-order valence-electron chi connectivity index (χ4n) is 3.65. The maximum atomic E-state index is 12.7. The number of carbonyl (C=O) groups excluding carboxylic acids is 2. The lowest BCUT2D eigenvalue weighted by Gasteiger charge is -2.30. The molecule has 1 spiro atoms. The van der Waals surface area contributed by atoms with Crippen molar-refractivity contribution in [2.45, 2.75) is 11.7 Å². The van der Waals surface area contributed by atoms with Gasteiger partial charge in [0.15, 0.2) is 0 Å². The van der Waals surface area contributed by atoms with Crippen molar-refractivity contribution < 1.29 is 24.2 Å². The second kappa shape index (κ2) is 4.66. The molecular weight excluding hydrogens is 300 g/mol. The minimum Gasteiger partial charge on any atom is -0.481 e. The van der Waals surface area contributed by atoms with E-state index in [1.165, 1.54) is 0 Å². The van der Waals surface area contributed by atoms with Crippen LogP contribution in [0.25, 0.3) is 0 Å². The van der Waals surface area contributed by atoms with Gasteiger partial charge in [-0.25, -0.2) is 0 Å². The number of anilines is 1. The highest BCUT2D eigenvalue weighted by molar-refractivity contribution is 6.06. The molecule has 3 N–H and O–H groups in total. The summed E-state index contributed by atoms with van der Waals surface area (Å²) < 4.78 is 5.78. The van der Waals surface area contributed by atoms with Crippen LogP contribution in [0.1, 0.15) is 10.4 Å². The SMILES string of the molecule is O=C1NC[C@@]23C=C[C@@H](O2)[C@@H](C(=O)O)[C@@H]3C(=O)Nc2ccccc21. The van der Waals surface area contributed by atoms with Gasteiger partial charge in [0.2, 0.25) is 5.91 Å². The number of carboxylic acid groups (broad SMARTS) is 1.